The number of rotatable bonds is 4. The Morgan fingerprint density at radius 1 is 1.08 bits per heavy atom. The molecule has 3 nitrogen and oxygen atoms in total. The highest BCUT2D eigenvalue weighted by Gasteiger charge is 2.18. The van der Waals surface area contributed by atoms with Crippen molar-refractivity contribution < 1.29 is 18.3 Å². The molecule has 1 N–H and O–H groups in total. The molecule has 0 aliphatic carbocycles. The number of hydrogen-bond acceptors (Lipinski definition) is 2. The fourth-order valence-corrected chi connectivity index (χ4v) is 2.12. The van der Waals surface area contributed by atoms with Crippen molar-refractivity contribution in [1.82, 2.24) is 0 Å². The van der Waals surface area contributed by atoms with Gasteiger partial charge in [0.15, 0.2) is 6.10 Å². The van der Waals surface area contributed by atoms with Crippen LogP contribution in [0.3, 0.4) is 0 Å². The minimum Gasteiger partial charge on any atom is -0.481 e. The lowest BCUT2D eigenvalue weighted by molar-refractivity contribution is -0.122. The summed E-state index contributed by atoms with van der Waals surface area (Å²) in [5.74, 6) is -1.35. The monoisotopic (exact) mass is 333 g/mol. The molecule has 1 atom stereocenters. The van der Waals surface area contributed by atoms with Gasteiger partial charge in [-0.1, -0.05) is 32.9 Å². The number of anilines is 1. The van der Waals surface area contributed by atoms with E-state index in [-0.39, 0.29) is 11.1 Å². The summed E-state index contributed by atoms with van der Waals surface area (Å²) in [4.78, 5) is 12.1. The van der Waals surface area contributed by atoms with E-state index in [4.69, 9.17) is 4.74 Å². The molecule has 2 aromatic carbocycles. The fraction of sp³-hybridized carbons (Fsp3) is 0.316. The molecule has 0 aliphatic heterocycles. The number of benzene rings is 2. The summed E-state index contributed by atoms with van der Waals surface area (Å²) in [7, 11) is 0. The van der Waals surface area contributed by atoms with Crippen LogP contribution < -0.4 is 10.1 Å². The van der Waals surface area contributed by atoms with Gasteiger partial charge in [0, 0.05) is 6.07 Å². The number of carbonyl (C=O) groups excluding carboxylic acids is 1. The van der Waals surface area contributed by atoms with E-state index in [1.54, 1.807) is 19.1 Å². The molecule has 1 unspecified atom stereocenters. The molecule has 2 rings (SSSR count). The molecular formula is C19H21F2NO2. The Bertz CT molecular complexity index is 721. The lowest BCUT2D eigenvalue weighted by Crippen LogP contribution is -2.30. The molecular weight excluding hydrogens is 312 g/mol. The first kappa shape index (κ1) is 17.9. The van der Waals surface area contributed by atoms with Gasteiger partial charge in [-0.2, -0.15) is 0 Å². The van der Waals surface area contributed by atoms with Gasteiger partial charge in [-0.15, -0.1) is 0 Å². The largest absolute Gasteiger partial charge is 0.481 e. The molecule has 0 fully saturated rings. The maximum Gasteiger partial charge on any atom is 0.265 e. The SMILES string of the molecule is CC(Oc1ccc(C(C)(C)C)cc1)C(=O)Nc1cc(F)ccc1F. The second kappa shape index (κ2) is 6.99. The summed E-state index contributed by atoms with van der Waals surface area (Å²) in [6, 6.07) is 10.3. The summed E-state index contributed by atoms with van der Waals surface area (Å²) in [5.41, 5.74) is 0.962. The molecule has 0 spiro atoms. The minimum atomic E-state index is -0.854. The highest BCUT2D eigenvalue weighted by Crippen LogP contribution is 2.25. The van der Waals surface area contributed by atoms with Crippen molar-refractivity contribution in [3.8, 4) is 5.75 Å². The Kier molecular flexibility index (Phi) is 5.22. The summed E-state index contributed by atoms with van der Waals surface area (Å²) in [6.07, 6.45) is -0.854. The van der Waals surface area contributed by atoms with Gasteiger partial charge in [-0.25, -0.2) is 8.78 Å². The predicted octanol–water partition coefficient (Wildman–Crippen LogP) is 4.67. The fourth-order valence-electron chi connectivity index (χ4n) is 2.12. The molecule has 128 valence electrons. The third-order valence-corrected chi connectivity index (χ3v) is 3.59. The normalized spacial score (nSPS) is 12.6. The summed E-state index contributed by atoms with van der Waals surface area (Å²) >= 11 is 0. The Labute approximate surface area is 140 Å². The minimum absolute atomic E-state index is 0.0242. The molecule has 5 heteroatoms. The summed E-state index contributed by atoms with van der Waals surface area (Å²) in [5, 5.41) is 2.33. The molecule has 24 heavy (non-hydrogen) atoms. The van der Waals surface area contributed by atoms with Crippen LogP contribution >= 0.6 is 0 Å². The summed E-state index contributed by atoms with van der Waals surface area (Å²) in [6.45, 7) is 7.86. The van der Waals surface area contributed by atoms with E-state index < -0.39 is 23.6 Å². The van der Waals surface area contributed by atoms with E-state index in [2.05, 4.69) is 26.1 Å². The average Bonchev–Trinajstić information content (AvgIpc) is 2.50. The zero-order chi connectivity index (χ0) is 17.9. The highest BCUT2D eigenvalue weighted by molar-refractivity contribution is 5.94. The number of ether oxygens (including phenoxy) is 1. The summed E-state index contributed by atoms with van der Waals surface area (Å²) < 4.78 is 32.2. The van der Waals surface area contributed by atoms with Gasteiger partial charge < -0.3 is 10.1 Å². The lowest BCUT2D eigenvalue weighted by Gasteiger charge is -2.20. The zero-order valence-electron chi connectivity index (χ0n) is 14.2. The van der Waals surface area contributed by atoms with E-state index in [0.717, 1.165) is 23.8 Å². The lowest BCUT2D eigenvalue weighted by atomic mass is 9.87. The number of hydrogen-bond donors (Lipinski definition) is 1. The molecule has 0 radical (unpaired) electrons. The second-order valence-electron chi connectivity index (χ2n) is 6.65. The van der Waals surface area contributed by atoms with E-state index in [9.17, 15) is 13.6 Å². The Morgan fingerprint density at radius 3 is 2.29 bits per heavy atom. The van der Waals surface area contributed by atoms with Gasteiger partial charge in [0.1, 0.15) is 17.4 Å². The van der Waals surface area contributed by atoms with Crippen molar-refractivity contribution in [1.29, 1.82) is 0 Å². The van der Waals surface area contributed by atoms with Gasteiger partial charge >= 0.3 is 0 Å². The highest BCUT2D eigenvalue weighted by atomic mass is 19.1. The molecule has 0 aliphatic rings. The van der Waals surface area contributed by atoms with E-state index in [0.29, 0.717) is 5.75 Å². The van der Waals surface area contributed by atoms with Crippen LogP contribution in [0.1, 0.15) is 33.3 Å². The standard InChI is InChI=1S/C19H21F2NO2/c1-12(18(23)22-17-11-14(20)7-10-16(17)21)24-15-8-5-13(6-9-15)19(2,3)4/h5-12H,1-4H3,(H,22,23). The van der Waals surface area contributed by atoms with E-state index in [1.165, 1.54) is 0 Å². The van der Waals surface area contributed by atoms with Crippen molar-refractivity contribution in [3.63, 3.8) is 0 Å². The third-order valence-electron chi connectivity index (χ3n) is 3.59. The van der Waals surface area contributed by atoms with Crippen molar-refractivity contribution in [3.05, 3.63) is 59.7 Å². The van der Waals surface area contributed by atoms with Crippen molar-refractivity contribution >= 4 is 11.6 Å². The smallest absolute Gasteiger partial charge is 0.265 e. The first-order valence-electron chi connectivity index (χ1n) is 7.70. The Morgan fingerprint density at radius 2 is 1.71 bits per heavy atom. The van der Waals surface area contributed by atoms with Crippen LogP contribution in [-0.4, -0.2) is 12.0 Å². The maximum atomic E-state index is 13.6. The van der Waals surface area contributed by atoms with Gasteiger partial charge in [-0.3, -0.25) is 4.79 Å². The Hall–Kier alpha value is -2.43. The van der Waals surface area contributed by atoms with Crippen LogP contribution in [0.5, 0.6) is 5.75 Å². The zero-order valence-corrected chi connectivity index (χ0v) is 14.2. The van der Waals surface area contributed by atoms with Crippen molar-refractivity contribution in [2.75, 3.05) is 5.32 Å². The van der Waals surface area contributed by atoms with Crippen molar-refractivity contribution in [2.45, 2.75) is 39.2 Å². The molecule has 0 saturated carbocycles. The van der Waals surface area contributed by atoms with Crippen molar-refractivity contribution in [2.24, 2.45) is 0 Å². The predicted molar refractivity (Wildman–Crippen MR) is 90.2 cm³/mol. The number of nitrogens with one attached hydrogen (secondary N) is 1. The van der Waals surface area contributed by atoms with Crippen LogP contribution in [0.4, 0.5) is 14.5 Å². The van der Waals surface area contributed by atoms with Crippen LogP contribution in [0.25, 0.3) is 0 Å². The molecule has 1 amide bonds. The van der Waals surface area contributed by atoms with Gasteiger partial charge in [-0.05, 0) is 42.2 Å². The second-order valence-corrected chi connectivity index (χ2v) is 6.65. The number of carbonyl (C=O) groups is 1. The number of amides is 1. The van der Waals surface area contributed by atoms with Crippen LogP contribution in [0.2, 0.25) is 0 Å². The van der Waals surface area contributed by atoms with Crippen LogP contribution in [0, 0.1) is 11.6 Å². The van der Waals surface area contributed by atoms with Crippen LogP contribution in [-0.2, 0) is 10.2 Å². The topological polar surface area (TPSA) is 38.3 Å². The van der Waals surface area contributed by atoms with E-state index >= 15 is 0 Å². The molecule has 0 saturated heterocycles. The maximum absolute atomic E-state index is 13.6. The van der Waals surface area contributed by atoms with E-state index in [1.807, 2.05) is 12.1 Å². The first-order chi connectivity index (χ1) is 11.2. The van der Waals surface area contributed by atoms with Gasteiger partial charge in [0.2, 0.25) is 0 Å². The van der Waals surface area contributed by atoms with Gasteiger partial charge in [0.05, 0.1) is 5.69 Å². The molecule has 0 aromatic heterocycles. The molecule has 0 heterocycles. The van der Waals surface area contributed by atoms with Gasteiger partial charge in [0.25, 0.3) is 5.91 Å². The molecule has 2 aromatic rings. The Balaban J connectivity index is 2.02. The number of halogens is 2. The van der Waals surface area contributed by atoms with Crippen LogP contribution in [0.15, 0.2) is 42.5 Å². The quantitative estimate of drug-likeness (QED) is 0.883. The third kappa shape index (κ3) is 4.54. The first-order valence-corrected chi connectivity index (χ1v) is 7.70. The average molecular weight is 333 g/mol. The molecule has 0 bridgehead atoms.